The fraction of sp³-hybridized carbons (Fsp3) is 0.263. The van der Waals surface area contributed by atoms with Crippen LogP contribution in [0.15, 0.2) is 36.4 Å². The van der Waals surface area contributed by atoms with Crippen molar-refractivity contribution < 1.29 is 14.3 Å². The molecule has 0 aromatic heterocycles. The van der Waals surface area contributed by atoms with Gasteiger partial charge in [0.15, 0.2) is 6.61 Å². The molecule has 0 atom stereocenters. The zero-order valence-electron chi connectivity index (χ0n) is 14.4. The number of hydrazine groups is 1. The van der Waals surface area contributed by atoms with Crippen molar-refractivity contribution >= 4 is 11.8 Å². The molecule has 2 amide bonds. The van der Waals surface area contributed by atoms with Crippen LogP contribution >= 0.6 is 0 Å². The van der Waals surface area contributed by atoms with Crippen molar-refractivity contribution in [2.45, 2.75) is 27.7 Å². The average molecular weight is 326 g/mol. The number of aryl methyl sites for hydroxylation is 4. The summed E-state index contributed by atoms with van der Waals surface area (Å²) in [5, 5.41) is 0. The Hall–Kier alpha value is -2.82. The minimum Gasteiger partial charge on any atom is -0.483 e. The minimum atomic E-state index is -0.422. The molecule has 0 radical (unpaired) electrons. The van der Waals surface area contributed by atoms with Crippen LogP contribution in [-0.4, -0.2) is 18.4 Å². The summed E-state index contributed by atoms with van der Waals surface area (Å²) < 4.78 is 5.49. The average Bonchev–Trinajstić information content (AvgIpc) is 2.53. The maximum absolute atomic E-state index is 12.1. The summed E-state index contributed by atoms with van der Waals surface area (Å²) in [5.74, 6) is -0.118. The van der Waals surface area contributed by atoms with Crippen LogP contribution < -0.4 is 15.6 Å². The fourth-order valence-corrected chi connectivity index (χ4v) is 2.30. The van der Waals surface area contributed by atoms with Crippen LogP contribution in [0.4, 0.5) is 0 Å². The number of nitrogens with one attached hydrogen (secondary N) is 2. The van der Waals surface area contributed by atoms with E-state index in [1.165, 1.54) is 0 Å². The van der Waals surface area contributed by atoms with E-state index in [0.29, 0.717) is 11.3 Å². The second kappa shape index (κ2) is 7.64. The van der Waals surface area contributed by atoms with Gasteiger partial charge < -0.3 is 4.74 Å². The Morgan fingerprint density at radius 1 is 0.875 bits per heavy atom. The summed E-state index contributed by atoms with van der Waals surface area (Å²) in [4.78, 5) is 23.9. The number of benzene rings is 2. The molecule has 0 aliphatic rings. The Morgan fingerprint density at radius 3 is 2.25 bits per heavy atom. The molecular formula is C19H22N2O3. The van der Waals surface area contributed by atoms with Crippen molar-refractivity contribution in [1.29, 1.82) is 0 Å². The van der Waals surface area contributed by atoms with E-state index in [-0.39, 0.29) is 12.5 Å². The molecule has 0 saturated heterocycles. The summed E-state index contributed by atoms with van der Waals surface area (Å²) in [6, 6.07) is 11.3. The van der Waals surface area contributed by atoms with E-state index < -0.39 is 5.91 Å². The summed E-state index contributed by atoms with van der Waals surface area (Å²) in [6.45, 7) is 7.51. The van der Waals surface area contributed by atoms with Gasteiger partial charge in [0.2, 0.25) is 0 Å². The molecule has 0 heterocycles. The molecule has 0 saturated carbocycles. The van der Waals surface area contributed by atoms with E-state index in [1.54, 1.807) is 6.07 Å². The number of ether oxygens (including phenoxy) is 1. The zero-order valence-corrected chi connectivity index (χ0v) is 14.4. The van der Waals surface area contributed by atoms with Crippen LogP contribution in [0, 0.1) is 27.7 Å². The fourth-order valence-electron chi connectivity index (χ4n) is 2.30. The van der Waals surface area contributed by atoms with Crippen LogP contribution in [0.3, 0.4) is 0 Å². The van der Waals surface area contributed by atoms with Crippen LogP contribution in [0.25, 0.3) is 0 Å². The van der Waals surface area contributed by atoms with E-state index >= 15 is 0 Å². The van der Waals surface area contributed by atoms with E-state index in [4.69, 9.17) is 4.74 Å². The predicted octanol–water partition coefficient (Wildman–Crippen LogP) is 2.76. The third-order valence-corrected chi connectivity index (χ3v) is 3.64. The van der Waals surface area contributed by atoms with Gasteiger partial charge in [-0.2, -0.15) is 0 Å². The highest BCUT2D eigenvalue weighted by molar-refractivity contribution is 5.96. The Morgan fingerprint density at radius 2 is 1.54 bits per heavy atom. The van der Waals surface area contributed by atoms with Crippen LogP contribution in [0.2, 0.25) is 0 Å². The first kappa shape index (κ1) is 17.5. The van der Waals surface area contributed by atoms with Crippen molar-refractivity contribution in [3.8, 4) is 5.75 Å². The van der Waals surface area contributed by atoms with Gasteiger partial charge in [0.1, 0.15) is 5.75 Å². The molecule has 0 unspecified atom stereocenters. The van der Waals surface area contributed by atoms with Gasteiger partial charge in [-0.05, 0) is 56.5 Å². The van der Waals surface area contributed by atoms with Gasteiger partial charge in [0.25, 0.3) is 11.8 Å². The van der Waals surface area contributed by atoms with Gasteiger partial charge in [-0.3, -0.25) is 20.4 Å². The summed E-state index contributed by atoms with van der Waals surface area (Å²) >= 11 is 0. The first-order valence-electron chi connectivity index (χ1n) is 7.73. The molecule has 0 aliphatic carbocycles. The highest BCUT2D eigenvalue weighted by Gasteiger charge is 2.11. The second-order valence-corrected chi connectivity index (χ2v) is 5.88. The maximum Gasteiger partial charge on any atom is 0.276 e. The lowest BCUT2D eigenvalue weighted by Gasteiger charge is -2.12. The molecule has 24 heavy (non-hydrogen) atoms. The monoisotopic (exact) mass is 326 g/mol. The molecule has 126 valence electrons. The highest BCUT2D eigenvalue weighted by atomic mass is 16.5. The van der Waals surface area contributed by atoms with E-state index in [0.717, 1.165) is 22.3 Å². The minimum absolute atomic E-state index is 0.169. The predicted molar refractivity (Wildman–Crippen MR) is 92.9 cm³/mol. The van der Waals surface area contributed by atoms with Gasteiger partial charge in [-0.15, -0.1) is 0 Å². The number of carbonyl (C=O) groups excluding carboxylic acids is 2. The molecule has 2 N–H and O–H groups in total. The van der Waals surface area contributed by atoms with Crippen LogP contribution in [0.5, 0.6) is 5.75 Å². The van der Waals surface area contributed by atoms with Gasteiger partial charge in [-0.1, -0.05) is 29.8 Å². The Kier molecular flexibility index (Phi) is 5.58. The number of amides is 2. The smallest absolute Gasteiger partial charge is 0.276 e. The third kappa shape index (κ3) is 4.59. The lowest BCUT2D eigenvalue weighted by molar-refractivity contribution is -0.123. The molecule has 0 aliphatic heterocycles. The Bertz CT molecular complexity index is 769. The molecule has 0 spiro atoms. The molecular weight excluding hydrogens is 304 g/mol. The number of carbonyl (C=O) groups is 2. The van der Waals surface area contributed by atoms with Crippen molar-refractivity contribution in [3.63, 3.8) is 0 Å². The maximum atomic E-state index is 12.1. The Balaban J connectivity index is 1.86. The van der Waals surface area contributed by atoms with Gasteiger partial charge >= 0.3 is 0 Å². The summed E-state index contributed by atoms with van der Waals surface area (Å²) in [5.41, 5.74) is 9.23. The molecule has 5 nitrogen and oxygen atoms in total. The standard InChI is InChI=1S/C19H22N2O3/c1-12-6-8-16(15(4)9-12)19(23)21-20-18(22)11-24-17-10-13(2)5-7-14(17)3/h5-10H,11H2,1-4H3,(H,20,22)(H,21,23). The summed E-state index contributed by atoms with van der Waals surface area (Å²) in [7, 11) is 0. The SMILES string of the molecule is Cc1ccc(C(=O)NNC(=O)COc2cc(C)ccc2C)c(C)c1. The van der Waals surface area contributed by atoms with E-state index in [9.17, 15) is 9.59 Å². The first-order chi connectivity index (χ1) is 11.4. The molecule has 0 fully saturated rings. The third-order valence-electron chi connectivity index (χ3n) is 3.64. The molecule has 2 rings (SSSR count). The van der Waals surface area contributed by atoms with Crippen LogP contribution in [0.1, 0.15) is 32.6 Å². The second-order valence-electron chi connectivity index (χ2n) is 5.88. The molecule has 2 aromatic carbocycles. The van der Waals surface area contributed by atoms with Crippen molar-refractivity contribution in [2.75, 3.05) is 6.61 Å². The van der Waals surface area contributed by atoms with Crippen LogP contribution in [-0.2, 0) is 4.79 Å². The lowest BCUT2D eigenvalue weighted by atomic mass is 10.1. The van der Waals surface area contributed by atoms with E-state index in [2.05, 4.69) is 10.9 Å². The quantitative estimate of drug-likeness (QED) is 0.849. The van der Waals surface area contributed by atoms with Gasteiger partial charge in [-0.25, -0.2) is 0 Å². The topological polar surface area (TPSA) is 67.4 Å². The normalized spacial score (nSPS) is 10.2. The summed E-state index contributed by atoms with van der Waals surface area (Å²) in [6.07, 6.45) is 0. The number of hydrogen-bond donors (Lipinski definition) is 2. The molecule has 0 bridgehead atoms. The van der Waals surface area contributed by atoms with E-state index in [1.807, 2.05) is 58.0 Å². The first-order valence-corrected chi connectivity index (χ1v) is 7.73. The van der Waals surface area contributed by atoms with Crippen molar-refractivity contribution in [2.24, 2.45) is 0 Å². The molecule has 2 aromatic rings. The van der Waals surface area contributed by atoms with Crippen molar-refractivity contribution in [3.05, 3.63) is 64.2 Å². The number of rotatable bonds is 4. The van der Waals surface area contributed by atoms with Crippen molar-refractivity contribution in [1.82, 2.24) is 10.9 Å². The van der Waals surface area contributed by atoms with Gasteiger partial charge in [0.05, 0.1) is 0 Å². The zero-order chi connectivity index (χ0) is 17.7. The Labute approximate surface area is 142 Å². The number of hydrogen-bond acceptors (Lipinski definition) is 3. The largest absolute Gasteiger partial charge is 0.483 e. The van der Waals surface area contributed by atoms with Gasteiger partial charge in [0, 0.05) is 5.56 Å². The molecule has 5 heteroatoms. The lowest BCUT2D eigenvalue weighted by Crippen LogP contribution is -2.44. The highest BCUT2D eigenvalue weighted by Crippen LogP contribution is 2.18.